The Morgan fingerprint density at radius 1 is 1.75 bits per heavy atom. The van der Waals surface area contributed by atoms with Gasteiger partial charge in [-0.05, 0) is 6.92 Å². The van der Waals surface area contributed by atoms with Gasteiger partial charge in [-0.3, -0.25) is 4.79 Å². The predicted molar refractivity (Wildman–Crippen MR) is 61.0 cm³/mol. The van der Waals surface area contributed by atoms with Crippen LogP contribution in [0.5, 0.6) is 0 Å². The van der Waals surface area contributed by atoms with Crippen LogP contribution in [-0.4, -0.2) is 30.1 Å². The van der Waals surface area contributed by atoms with E-state index in [0.29, 0.717) is 19.8 Å². The van der Waals surface area contributed by atoms with Crippen LogP contribution < -0.4 is 11.1 Å². The second-order valence-corrected chi connectivity index (χ2v) is 4.85. The minimum absolute atomic E-state index is 0.0437. The average Bonchev–Trinajstić information content (AvgIpc) is 2.84. The van der Waals surface area contributed by atoms with E-state index in [4.69, 9.17) is 10.5 Å². The molecule has 0 aromatic carbocycles. The molecular weight excluding hydrogens is 226 g/mol. The molecule has 1 amide bonds. The molecule has 0 radical (unpaired) electrons. The smallest absolute Gasteiger partial charge is 0.227 e. The number of amides is 1. The Labute approximate surface area is 98.0 Å². The van der Waals surface area contributed by atoms with Crippen molar-refractivity contribution in [3.05, 3.63) is 16.1 Å². The van der Waals surface area contributed by atoms with Gasteiger partial charge in [0, 0.05) is 17.1 Å². The van der Waals surface area contributed by atoms with Gasteiger partial charge >= 0.3 is 0 Å². The first-order valence-corrected chi connectivity index (χ1v) is 6.07. The van der Waals surface area contributed by atoms with E-state index in [1.165, 1.54) is 0 Å². The maximum atomic E-state index is 11.7. The van der Waals surface area contributed by atoms with Gasteiger partial charge in [-0.2, -0.15) is 0 Å². The van der Waals surface area contributed by atoms with Crippen LogP contribution in [0.15, 0.2) is 5.38 Å². The maximum absolute atomic E-state index is 11.7. The molecule has 1 fully saturated rings. The molecule has 2 unspecified atom stereocenters. The number of carbonyl (C=O) groups is 1. The number of nitrogens with zero attached hydrogens (tertiary/aromatic N) is 1. The molecule has 0 spiro atoms. The number of rotatable bonds is 3. The van der Waals surface area contributed by atoms with Gasteiger partial charge in [0.1, 0.15) is 5.01 Å². The molecule has 1 aromatic heterocycles. The van der Waals surface area contributed by atoms with E-state index in [9.17, 15) is 4.79 Å². The number of hydrogen-bond donors (Lipinski definition) is 2. The molecule has 0 aliphatic carbocycles. The molecule has 1 aromatic rings. The number of carbonyl (C=O) groups excluding carboxylic acids is 1. The van der Waals surface area contributed by atoms with Gasteiger partial charge in [0.05, 0.1) is 25.7 Å². The number of ether oxygens (including phenoxy) is 1. The molecule has 1 aliphatic rings. The van der Waals surface area contributed by atoms with Crippen molar-refractivity contribution >= 4 is 17.2 Å². The molecule has 6 heteroatoms. The van der Waals surface area contributed by atoms with Gasteiger partial charge in [-0.1, -0.05) is 0 Å². The zero-order chi connectivity index (χ0) is 11.5. The van der Waals surface area contributed by atoms with Crippen LogP contribution in [0, 0.1) is 12.8 Å². The van der Waals surface area contributed by atoms with Crippen molar-refractivity contribution in [1.29, 1.82) is 0 Å². The standard InChI is InChI=1S/C10H15N3O2S/c1-6-5-16-9(13-6)2-12-10(14)7-3-15-4-8(7)11/h5,7-8H,2-4,11H2,1H3,(H,12,14). The van der Waals surface area contributed by atoms with E-state index in [-0.39, 0.29) is 17.9 Å². The molecule has 2 atom stereocenters. The first-order valence-electron chi connectivity index (χ1n) is 5.19. The van der Waals surface area contributed by atoms with E-state index in [1.807, 2.05) is 12.3 Å². The average molecular weight is 241 g/mol. The Hall–Kier alpha value is -0.980. The Balaban J connectivity index is 1.83. The van der Waals surface area contributed by atoms with E-state index in [2.05, 4.69) is 10.3 Å². The van der Waals surface area contributed by atoms with Gasteiger partial charge in [-0.25, -0.2) is 4.98 Å². The van der Waals surface area contributed by atoms with Crippen LogP contribution in [0.1, 0.15) is 10.7 Å². The van der Waals surface area contributed by atoms with Crippen LogP contribution >= 0.6 is 11.3 Å². The number of nitrogens with one attached hydrogen (secondary N) is 1. The number of nitrogens with two attached hydrogens (primary N) is 1. The molecule has 3 N–H and O–H groups in total. The van der Waals surface area contributed by atoms with Crippen LogP contribution in [0.2, 0.25) is 0 Å². The van der Waals surface area contributed by atoms with Crippen LogP contribution in [0.4, 0.5) is 0 Å². The molecule has 88 valence electrons. The predicted octanol–water partition coefficient (Wildman–Crippen LogP) is 0.0414. The lowest BCUT2D eigenvalue weighted by molar-refractivity contribution is -0.125. The summed E-state index contributed by atoms with van der Waals surface area (Å²) in [4.78, 5) is 16.0. The molecule has 0 saturated carbocycles. The summed E-state index contributed by atoms with van der Waals surface area (Å²) in [6, 6.07) is -0.182. The quantitative estimate of drug-likeness (QED) is 0.783. The molecule has 2 rings (SSSR count). The topological polar surface area (TPSA) is 77.2 Å². The Kier molecular flexibility index (Phi) is 3.52. The number of aromatic nitrogens is 1. The summed E-state index contributed by atoms with van der Waals surface area (Å²) in [5, 5.41) is 5.71. The highest BCUT2D eigenvalue weighted by Gasteiger charge is 2.31. The highest BCUT2D eigenvalue weighted by atomic mass is 32.1. The van der Waals surface area contributed by atoms with Gasteiger partial charge < -0.3 is 15.8 Å². The number of thiazole rings is 1. The Morgan fingerprint density at radius 2 is 2.56 bits per heavy atom. The summed E-state index contributed by atoms with van der Waals surface area (Å²) in [5.41, 5.74) is 6.74. The highest BCUT2D eigenvalue weighted by Crippen LogP contribution is 2.12. The van der Waals surface area contributed by atoms with E-state index >= 15 is 0 Å². The fourth-order valence-corrected chi connectivity index (χ4v) is 2.33. The second-order valence-electron chi connectivity index (χ2n) is 3.91. The molecule has 16 heavy (non-hydrogen) atoms. The van der Waals surface area contributed by atoms with Crippen molar-refractivity contribution < 1.29 is 9.53 Å². The molecule has 1 aliphatic heterocycles. The lowest BCUT2D eigenvalue weighted by Crippen LogP contribution is -2.40. The molecular formula is C10H15N3O2S. The van der Waals surface area contributed by atoms with Crippen LogP contribution in [0.25, 0.3) is 0 Å². The van der Waals surface area contributed by atoms with Gasteiger partial charge in [0.25, 0.3) is 0 Å². The second kappa shape index (κ2) is 4.90. The molecule has 0 bridgehead atoms. The summed E-state index contributed by atoms with van der Waals surface area (Å²) in [5.74, 6) is -0.265. The normalized spacial score (nSPS) is 24.6. The van der Waals surface area contributed by atoms with Crippen molar-refractivity contribution in [1.82, 2.24) is 10.3 Å². The minimum atomic E-state index is -0.221. The lowest BCUT2D eigenvalue weighted by Gasteiger charge is -2.12. The van der Waals surface area contributed by atoms with Crippen molar-refractivity contribution in [2.24, 2.45) is 11.7 Å². The number of hydrogen-bond acceptors (Lipinski definition) is 5. The number of aryl methyl sites for hydroxylation is 1. The van der Waals surface area contributed by atoms with E-state index in [1.54, 1.807) is 11.3 Å². The third-order valence-corrected chi connectivity index (χ3v) is 3.51. The third kappa shape index (κ3) is 2.58. The fourth-order valence-electron chi connectivity index (χ4n) is 1.62. The summed E-state index contributed by atoms with van der Waals surface area (Å²) >= 11 is 1.55. The Morgan fingerprint density at radius 3 is 3.12 bits per heavy atom. The monoisotopic (exact) mass is 241 g/mol. The summed E-state index contributed by atoms with van der Waals surface area (Å²) in [7, 11) is 0. The zero-order valence-electron chi connectivity index (χ0n) is 9.10. The first-order chi connectivity index (χ1) is 7.66. The SMILES string of the molecule is Cc1csc(CNC(=O)C2COCC2N)n1. The lowest BCUT2D eigenvalue weighted by atomic mass is 10.0. The van der Waals surface area contributed by atoms with Crippen molar-refractivity contribution in [3.63, 3.8) is 0 Å². The fraction of sp³-hybridized carbons (Fsp3) is 0.600. The van der Waals surface area contributed by atoms with Crippen molar-refractivity contribution in [2.75, 3.05) is 13.2 Å². The largest absolute Gasteiger partial charge is 0.379 e. The van der Waals surface area contributed by atoms with E-state index < -0.39 is 0 Å². The minimum Gasteiger partial charge on any atom is -0.379 e. The first kappa shape index (κ1) is 11.5. The Bertz CT molecular complexity index is 380. The van der Waals surface area contributed by atoms with Crippen LogP contribution in [0.3, 0.4) is 0 Å². The van der Waals surface area contributed by atoms with E-state index in [0.717, 1.165) is 10.7 Å². The summed E-state index contributed by atoms with van der Waals surface area (Å²) < 4.78 is 5.15. The maximum Gasteiger partial charge on any atom is 0.227 e. The van der Waals surface area contributed by atoms with Gasteiger partial charge in [0.2, 0.25) is 5.91 Å². The summed E-state index contributed by atoms with van der Waals surface area (Å²) in [6.07, 6.45) is 0. The van der Waals surface area contributed by atoms with Gasteiger partial charge in [-0.15, -0.1) is 11.3 Å². The zero-order valence-corrected chi connectivity index (χ0v) is 9.92. The molecule has 2 heterocycles. The van der Waals surface area contributed by atoms with Crippen molar-refractivity contribution in [2.45, 2.75) is 19.5 Å². The molecule has 1 saturated heterocycles. The van der Waals surface area contributed by atoms with Gasteiger partial charge in [0.15, 0.2) is 0 Å². The van der Waals surface area contributed by atoms with Crippen LogP contribution in [-0.2, 0) is 16.1 Å². The van der Waals surface area contributed by atoms with Crippen molar-refractivity contribution in [3.8, 4) is 0 Å². The third-order valence-electron chi connectivity index (χ3n) is 2.54. The molecule has 5 nitrogen and oxygen atoms in total. The summed E-state index contributed by atoms with van der Waals surface area (Å²) in [6.45, 7) is 3.29. The highest BCUT2D eigenvalue weighted by molar-refractivity contribution is 7.09.